The topological polar surface area (TPSA) is 12.0 Å². The predicted octanol–water partition coefficient (Wildman–Crippen LogP) is 3.53. The van der Waals surface area contributed by atoms with Crippen LogP contribution in [0.3, 0.4) is 0 Å². The van der Waals surface area contributed by atoms with Crippen molar-refractivity contribution < 1.29 is 13.2 Å². The maximum Gasteiger partial charge on any atom is 0.418 e. The van der Waals surface area contributed by atoms with Crippen LogP contribution in [0.5, 0.6) is 0 Å². The Balaban J connectivity index is 2.92. The fraction of sp³-hybridized carbons (Fsp3) is 0.400. The van der Waals surface area contributed by atoms with Crippen molar-refractivity contribution in [2.45, 2.75) is 19.5 Å². The van der Waals surface area contributed by atoms with Crippen LogP contribution >= 0.6 is 0 Å². The number of nitrogens with one attached hydrogen (secondary N) is 1. The summed E-state index contributed by atoms with van der Waals surface area (Å²) in [5, 5.41) is 2.75. The second kappa shape index (κ2) is 4.35. The third-order valence-corrected chi connectivity index (χ3v) is 1.80. The van der Waals surface area contributed by atoms with Crippen molar-refractivity contribution >= 4 is 5.69 Å². The Morgan fingerprint density at radius 2 is 1.86 bits per heavy atom. The van der Waals surface area contributed by atoms with Crippen molar-refractivity contribution in [3.05, 3.63) is 29.8 Å². The zero-order valence-electron chi connectivity index (χ0n) is 7.86. The third kappa shape index (κ3) is 2.65. The van der Waals surface area contributed by atoms with Gasteiger partial charge in [-0.2, -0.15) is 13.2 Å². The first-order chi connectivity index (χ1) is 6.55. The summed E-state index contributed by atoms with van der Waals surface area (Å²) >= 11 is 0. The van der Waals surface area contributed by atoms with E-state index in [1.54, 1.807) is 6.07 Å². The molecular weight excluding hydrogens is 191 g/mol. The molecule has 0 spiro atoms. The van der Waals surface area contributed by atoms with Gasteiger partial charge < -0.3 is 5.32 Å². The van der Waals surface area contributed by atoms with E-state index in [4.69, 9.17) is 0 Å². The molecule has 14 heavy (non-hydrogen) atoms. The molecule has 0 unspecified atom stereocenters. The van der Waals surface area contributed by atoms with Gasteiger partial charge in [0.15, 0.2) is 0 Å². The van der Waals surface area contributed by atoms with Crippen molar-refractivity contribution in [3.8, 4) is 0 Å². The van der Waals surface area contributed by atoms with Crippen LogP contribution < -0.4 is 5.32 Å². The van der Waals surface area contributed by atoms with Crippen molar-refractivity contribution in [3.63, 3.8) is 0 Å². The number of anilines is 1. The first kappa shape index (κ1) is 10.9. The summed E-state index contributed by atoms with van der Waals surface area (Å²) in [6.45, 7) is 2.45. The number of rotatable bonds is 3. The van der Waals surface area contributed by atoms with Crippen molar-refractivity contribution in [2.24, 2.45) is 0 Å². The van der Waals surface area contributed by atoms with E-state index >= 15 is 0 Å². The molecule has 0 aliphatic carbocycles. The molecule has 0 aliphatic heterocycles. The molecular formula is C10H12F3N. The van der Waals surface area contributed by atoms with Crippen LogP contribution in [0.2, 0.25) is 0 Å². The largest absolute Gasteiger partial charge is 0.418 e. The molecule has 0 atom stereocenters. The summed E-state index contributed by atoms with van der Waals surface area (Å²) in [5.74, 6) is 0. The zero-order valence-corrected chi connectivity index (χ0v) is 7.86. The van der Waals surface area contributed by atoms with Crippen molar-refractivity contribution in [1.29, 1.82) is 0 Å². The predicted molar refractivity (Wildman–Crippen MR) is 50.2 cm³/mol. The molecule has 1 aromatic rings. The highest BCUT2D eigenvalue weighted by Crippen LogP contribution is 2.34. The summed E-state index contributed by atoms with van der Waals surface area (Å²) < 4.78 is 37.3. The van der Waals surface area contributed by atoms with Gasteiger partial charge in [0.05, 0.1) is 5.56 Å². The molecule has 0 saturated heterocycles. The van der Waals surface area contributed by atoms with Gasteiger partial charge in [-0.25, -0.2) is 0 Å². The van der Waals surface area contributed by atoms with E-state index < -0.39 is 11.7 Å². The van der Waals surface area contributed by atoms with Gasteiger partial charge in [-0.1, -0.05) is 19.1 Å². The van der Waals surface area contributed by atoms with Crippen molar-refractivity contribution in [1.82, 2.24) is 0 Å². The highest BCUT2D eigenvalue weighted by Gasteiger charge is 2.32. The summed E-state index contributed by atoms with van der Waals surface area (Å²) in [4.78, 5) is 0. The van der Waals surface area contributed by atoms with Crippen LogP contribution in [0.1, 0.15) is 18.9 Å². The lowest BCUT2D eigenvalue weighted by Gasteiger charge is -2.13. The Labute approximate surface area is 80.9 Å². The number of hydrogen-bond acceptors (Lipinski definition) is 1. The Bertz CT molecular complexity index is 294. The van der Waals surface area contributed by atoms with Gasteiger partial charge in [-0.05, 0) is 18.6 Å². The normalized spacial score (nSPS) is 11.4. The van der Waals surface area contributed by atoms with Crippen LogP contribution in [0.4, 0.5) is 18.9 Å². The third-order valence-electron chi connectivity index (χ3n) is 1.80. The number of para-hydroxylation sites is 1. The molecule has 0 bridgehead atoms. The highest BCUT2D eigenvalue weighted by molar-refractivity contribution is 5.52. The summed E-state index contributed by atoms with van der Waals surface area (Å²) in [7, 11) is 0. The Morgan fingerprint density at radius 3 is 2.43 bits per heavy atom. The van der Waals surface area contributed by atoms with Gasteiger partial charge in [0.2, 0.25) is 0 Å². The van der Waals surface area contributed by atoms with Gasteiger partial charge in [0.1, 0.15) is 0 Å². The monoisotopic (exact) mass is 203 g/mol. The lowest BCUT2D eigenvalue weighted by atomic mass is 10.1. The number of hydrogen-bond donors (Lipinski definition) is 1. The first-order valence-corrected chi connectivity index (χ1v) is 4.45. The zero-order chi connectivity index (χ0) is 10.6. The van der Waals surface area contributed by atoms with Crippen LogP contribution in [0.25, 0.3) is 0 Å². The Kier molecular flexibility index (Phi) is 3.38. The quantitative estimate of drug-likeness (QED) is 0.792. The average Bonchev–Trinajstić information content (AvgIpc) is 2.14. The maximum absolute atomic E-state index is 12.4. The van der Waals surface area contributed by atoms with E-state index in [0.29, 0.717) is 6.54 Å². The van der Waals surface area contributed by atoms with Crippen LogP contribution in [0, 0.1) is 0 Å². The molecule has 0 amide bonds. The van der Waals surface area contributed by atoms with E-state index in [1.807, 2.05) is 6.92 Å². The number of alkyl halides is 3. The van der Waals surface area contributed by atoms with Gasteiger partial charge in [0.25, 0.3) is 0 Å². The molecule has 0 fully saturated rings. The summed E-state index contributed by atoms with van der Waals surface area (Å²) in [5.41, 5.74) is -0.449. The minimum absolute atomic E-state index is 0.154. The standard InChI is InChI=1S/C10H12F3N/c1-2-7-14-9-6-4-3-5-8(9)10(11,12)13/h3-6,14H,2,7H2,1H3. The first-order valence-electron chi connectivity index (χ1n) is 4.45. The smallest absolute Gasteiger partial charge is 0.385 e. The Hall–Kier alpha value is -1.19. The fourth-order valence-corrected chi connectivity index (χ4v) is 1.14. The Morgan fingerprint density at radius 1 is 1.21 bits per heavy atom. The van der Waals surface area contributed by atoms with E-state index in [1.165, 1.54) is 12.1 Å². The fourth-order valence-electron chi connectivity index (χ4n) is 1.14. The summed E-state index contributed by atoms with van der Waals surface area (Å²) in [6.07, 6.45) is -3.48. The van der Waals surface area contributed by atoms with Crippen LogP contribution in [-0.2, 0) is 6.18 Å². The minimum Gasteiger partial charge on any atom is -0.385 e. The minimum atomic E-state index is -4.28. The molecule has 1 aromatic carbocycles. The lowest BCUT2D eigenvalue weighted by Crippen LogP contribution is -2.10. The molecule has 1 N–H and O–H groups in total. The SMILES string of the molecule is CCCNc1ccccc1C(F)(F)F. The molecule has 0 radical (unpaired) electrons. The summed E-state index contributed by atoms with van der Waals surface area (Å²) in [6, 6.07) is 5.50. The lowest BCUT2D eigenvalue weighted by molar-refractivity contribution is -0.136. The van der Waals surface area contributed by atoms with Crippen molar-refractivity contribution in [2.75, 3.05) is 11.9 Å². The molecule has 0 aromatic heterocycles. The average molecular weight is 203 g/mol. The second-order valence-corrected chi connectivity index (χ2v) is 2.97. The molecule has 0 aliphatic rings. The van der Waals surface area contributed by atoms with E-state index in [2.05, 4.69) is 5.32 Å². The molecule has 0 saturated carbocycles. The number of benzene rings is 1. The van der Waals surface area contributed by atoms with Crippen LogP contribution in [0.15, 0.2) is 24.3 Å². The molecule has 4 heteroatoms. The number of halogens is 3. The molecule has 0 heterocycles. The van der Waals surface area contributed by atoms with Gasteiger partial charge in [-0.15, -0.1) is 0 Å². The highest BCUT2D eigenvalue weighted by atomic mass is 19.4. The maximum atomic E-state index is 12.4. The van der Waals surface area contributed by atoms with Gasteiger partial charge in [-0.3, -0.25) is 0 Å². The van der Waals surface area contributed by atoms with Gasteiger partial charge >= 0.3 is 6.18 Å². The molecule has 78 valence electrons. The van der Waals surface area contributed by atoms with Gasteiger partial charge in [0, 0.05) is 12.2 Å². The van der Waals surface area contributed by atoms with Crippen LogP contribution in [-0.4, -0.2) is 6.54 Å². The molecule has 1 nitrogen and oxygen atoms in total. The van der Waals surface area contributed by atoms with E-state index in [9.17, 15) is 13.2 Å². The second-order valence-electron chi connectivity index (χ2n) is 2.97. The van der Waals surface area contributed by atoms with E-state index in [0.717, 1.165) is 12.5 Å². The van der Waals surface area contributed by atoms with E-state index in [-0.39, 0.29) is 5.69 Å². The molecule has 1 rings (SSSR count).